The Balaban J connectivity index is 1.98. The van der Waals surface area contributed by atoms with Gasteiger partial charge in [0.15, 0.2) is 4.96 Å². The molecule has 0 unspecified atom stereocenters. The zero-order valence-corrected chi connectivity index (χ0v) is 11.7. The molecule has 3 nitrogen and oxygen atoms in total. The summed E-state index contributed by atoms with van der Waals surface area (Å²) < 4.78 is 2.19. The van der Waals surface area contributed by atoms with Gasteiger partial charge in [0.05, 0.1) is 11.4 Å². The van der Waals surface area contributed by atoms with Crippen LogP contribution in [0.2, 0.25) is 0 Å². The fourth-order valence-corrected chi connectivity index (χ4v) is 2.90. The Morgan fingerprint density at radius 1 is 1.41 bits per heavy atom. The van der Waals surface area contributed by atoms with Crippen LogP contribution in [0.1, 0.15) is 38.1 Å². The lowest BCUT2D eigenvalue weighted by molar-refractivity contribution is 0.447. The van der Waals surface area contributed by atoms with Crippen LogP contribution in [0, 0.1) is 12.8 Å². The van der Waals surface area contributed by atoms with Crippen LogP contribution in [-0.4, -0.2) is 15.9 Å². The van der Waals surface area contributed by atoms with Gasteiger partial charge in [-0.2, -0.15) is 0 Å². The normalized spacial score (nSPS) is 11.8. The highest BCUT2D eigenvalue weighted by Crippen LogP contribution is 2.16. The Hall–Kier alpha value is -0.870. The third-order valence-electron chi connectivity index (χ3n) is 3.44. The van der Waals surface area contributed by atoms with Crippen LogP contribution < -0.4 is 5.32 Å². The lowest BCUT2D eigenvalue weighted by Gasteiger charge is -2.13. The van der Waals surface area contributed by atoms with E-state index in [4.69, 9.17) is 0 Å². The average molecular weight is 251 g/mol. The Kier molecular flexibility index (Phi) is 4.18. The van der Waals surface area contributed by atoms with Gasteiger partial charge in [0.2, 0.25) is 0 Å². The molecule has 0 aliphatic heterocycles. The molecule has 1 N–H and O–H groups in total. The molecular weight excluding hydrogens is 230 g/mol. The second-order valence-corrected chi connectivity index (χ2v) is 5.39. The average Bonchev–Trinajstić information content (AvgIpc) is 2.87. The number of hydrogen-bond acceptors (Lipinski definition) is 3. The number of thiazole rings is 1. The van der Waals surface area contributed by atoms with Crippen molar-refractivity contribution < 1.29 is 0 Å². The molecule has 0 aliphatic carbocycles. The Labute approximate surface area is 107 Å². The number of aryl methyl sites for hydroxylation is 1. The molecule has 0 aliphatic rings. The van der Waals surface area contributed by atoms with E-state index in [1.54, 1.807) is 11.3 Å². The SMILES string of the molecule is CCC(CC)CNCc1c(C)nc2sccn12. The fourth-order valence-electron chi connectivity index (χ4n) is 2.13. The van der Waals surface area contributed by atoms with Crippen LogP contribution in [-0.2, 0) is 6.54 Å². The molecule has 0 saturated carbocycles. The maximum absolute atomic E-state index is 4.55. The number of imidazole rings is 1. The maximum atomic E-state index is 4.55. The standard InChI is InChI=1S/C13H21N3S/c1-4-11(5-2)8-14-9-12-10(3)15-13-16(12)6-7-17-13/h6-7,11,14H,4-5,8-9H2,1-3H3. The van der Waals surface area contributed by atoms with Crippen LogP contribution >= 0.6 is 11.3 Å². The molecule has 0 fully saturated rings. The summed E-state index contributed by atoms with van der Waals surface area (Å²) in [5, 5.41) is 5.65. The second-order valence-electron chi connectivity index (χ2n) is 4.51. The van der Waals surface area contributed by atoms with E-state index in [1.807, 2.05) is 0 Å². The molecular formula is C13H21N3S. The minimum Gasteiger partial charge on any atom is -0.311 e. The van der Waals surface area contributed by atoms with Gasteiger partial charge in [-0.25, -0.2) is 4.98 Å². The third-order valence-corrected chi connectivity index (χ3v) is 4.20. The molecule has 2 heterocycles. The first-order chi connectivity index (χ1) is 8.26. The summed E-state index contributed by atoms with van der Waals surface area (Å²) in [6.45, 7) is 8.63. The summed E-state index contributed by atoms with van der Waals surface area (Å²) in [5.41, 5.74) is 2.45. The molecule has 2 aromatic heterocycles. The van der Waals surface area contributed by atoms with E-state index in [0.717, 1.165) is 29.7 Å². The first-order valence-corrected chi connectivity index (χ1v) is 7.26. The van der Waals surface area contributed by atoms with Crippen molar-refractivity contribution in [2.45, 2.75) is 40.2 Å². The van der Waals surface area contributed by atoms with Crippen molar-refractivity contribution in [3.8, 4) is 0 Å². The van der Waals surface area contributed by atoms with Gasteiger partial charge in [-0.3, -0.25) is 4.40 Å². The zero-order chi connectivity index (χ0) is 12.3. The van der Waals surface area contributed by atoms with E-state index in [-0.39, 0.29) is 0 Å². The molecule has 0 bridgehead atoms. The van der Waals surface area contributed by atoms with Gasteiger partial charge in [0, 0.05) is 18.1 Å². The quantitative estimate of drug-likeness (QED) is 0.854. The van der Waals surface area contributed by atoms with Crippen LogP contribution in [0.5, 0.6) is 0 Å². The monoisotopic (exact) mass is 251 g/mol. The molecule has 2 rings (SSSR count). The van der Waals surface area contributed by atoms with Crippen molar-refractivity contribution in [1.29, 1.82) is 0 Å². The molecule has 94 valence electrons. The molecule has 2 aromatic rings. The van der Waals surface area contributed by atoms with Gasteiger partial charge in [-0.15, -0.1) is 11.3 Å². The predicted molar refractivity (Wildman–Crippen MR) is 73.6 cm³/mol. The van der Waals surface area contributed by atoms with Crippen LogP contribution in [0.4, 0.5) is 0 Å². The molecule has 17 heavy (non-hydrogen) atoms. The van der Waals surface area contributed by atoms with Crippen molar-refractivity contribution >= 4 is 16.3 Å². The van der Waals surface area contributed by atoms with Crippen LogP contribution in [0.3, 0.4) is 0 Å². The molecule has 0 radical (unpaired) electrons. The van der Waals surface area contributed by atoms with Crippen molar-refractivity contribution in [1.82, 2.24) is 14.7 Å². The summed E-state index contributed by atoms with van der Waals surface area (Å²) in [4.78, 5) is 5.65. The molecule has 0 saturated heterocycles. The number of nitrogens with zero attached hydrogens (tertiary/aromatic N) is 2. The summed E-state index contributed by atoms with van der Waals surface area (Å²) in [6, 6.07) is 0. The van der Waals surface area contributed by atoms with Crippen molar-refractivity contribution in [2.75, 3.05) is 6.54 Å². The zero-order valence-electron chi connectivity index (χ0n) is 10.9. The van der Waals surface area contributed by atoms with Crippen molar-refractivity contribution in [3.05, 3.63) is 23.0 Å². The lowest BCUT2D eigenvalue weighted by Crippen LogP contribution is -2.22. The first-order valence-electron chi connectivity index (χ1n) is 6.38. The van der Waals surface area contributed by atoms with Crippen molar-refractivity contribution in [3.63, 3.8) is 0 Å². The topological polar surface area (TPSA) is 29.3 Å². The molecule has 0 spiro atoms. The summed E-state index contributed by atoms with van der Waals surface area (Å²) >= 11 is 1.70. The molecule has 0 aromatic carbocycles. The molecule has 4 heteroatoms. The second kappa shape index (κ2) is 5.65. The van der Waals surface area contributed by atoms with Gasteiger partial charge in [0.25, 0.3) is 0 Å². The van der Waals surface area contributed by atoms with Gasteiger partial charge >= 0.3 is 0 Å². The number of nitrogens with one attached hydrogen (secondary N) is 1. The number of aromatic nitrogens is 2. The molecule has 0 amide bonds. The highest BCUT2D eigenvalue weighted by molar-refractivity contribution is 7.15. The Morgan fingerprint density at radius 2 is 2.18 bits per heavy atom. The largest absolute Gasteiger partial charge is 0.311 e. The highest BCUT2D eigenvalue weighted by Gasteiger charge is 2.09. The third kappa shape index (κ3) is 2.69. The summed E-state index contributed by atoms with van der Waals surface area (Å²) in [6.07, 6.45) is 4.61. The van der Waals surface area contributed by atoms with Crippen LogP contribution in [0.15, 0.2) is 11.6 Å². The van der Waals surface area contributed by atoms with Crippen molar-refractivity contribution in [2.24, 2.45) is 5.92 Å². The lowest BCUT2D eigenvalue weighted by atomic mass is 10.0. The van der Waals surface area contributed by atoms with Crippen LogP contribution in [0.25, 0.3) is 4.96 Å². The van der Waals surface area contributed by atoms with E-state index in [2.05, 4.69) is 47.0 Å². The maximum Gasteiger partial charge on any atom is 0.194 e. The minimum atomic E-state index is 0.793. The minimum absolute atomic E-state index is 0.793. The van der Waals surface area contributed by atoms with E-state index >= 15 is 0 Å². The number of fused-ring (bicyclic) bond motifs is 1. The fraction of sp³-hybridized carbons (Fsp3) is 0.615. The van der Waals surface area contributed by atoms with E-state index in [0.29, 0.717) is 0 Å². The molecule has 0 atom stereocenters. The van der Waals surface area contributed by atoms with Gasteiger partial charge in [0.1, 0.15) is 0 Å². The van der Waals surface area contributed by atoms with E-state index in [9.17, 15) is 0 Å². The van der Waals surface area contributed by atoms with Gasteiger partial charge in [-0.1, -0.05) is 26.7 Å². The Bertz CT molecular complexity index is 468. The smallest absolute Gasteiger partial charge is 0.194 e. The van der Waals surface area contributed by atoms with E-state index < -0.39 is 0 Å². The first kappa shape index (κ1) is 12.6. The highest BCUT2D eigenvalue weighted by atomic mass is 32.1. The summed E-state index contributed by atoms with van der Waals surface area (Å²) in [7, 11) is 0. The van der Waals surface area contributed by atoms with Gasteiger partial charge in [-0.05, 0) is 19.4 Å². The van der Waals surface area contributed by atoms with E-state index in [1.165, 1.54) is 18.5 Å². The summed E-state index contributed by atoms with van der Waals surface area (Å²) in [5.74, 6) is 0.793. The predicted octanol–water partition coefficient (Wildman–Crippen LogP) is 3.23. The number of rotatable bonds is 6. The Morgan fingerprint density at radius 3 is 2.88 bits per heavy atom. The number of hydrogen-bond donors (Lipinski definition) is 1. The van der Waals surface area contributed by atoms with Gasteiger partial charge < -0.3 is 5.32 Å².